The van der Waals surface area contributed by atoms with Crippen LogP contribution in [-0.2, 0) is 22.4 Å². The minimum Gasteiger partial charge on any atom is -0.340 e. The number of halogens is 2. The van der Waals surface area contributed by atoms with Gasteiger partial charge in [-0.3, -0.25) is 14.5 Å². The molecule has 0 spiro atoms. The van der Waals surface area contributed by atoms with Gasteiger partial charge in [-0.2, -0.15) is 0 Å². The summed E-state index contributed by atoms with van der Waals surface area (Å²) in [7, 11) is 3.79. The second kappa shape index (κ2) is 15.6. The second-order valence-electron chi connectivity index (χ2n) is 9.92. The molecule has 3 aromatic rings. The summed E-state index contributed by atoms with van der Waals surface area (Å²) in [5.74, 6) is -0.530. The van der Waals surface area contributed by atoms with E-state index < -0.39 is 17.2 Å². The summed E-state index contributed by atoms with van der Waals surface area (Å²) in [5, 5.41) is 2.84. The predicted octanol–water partition coefficient (Wildman–Crippen LogP) is 5.99. The Morgan fingerprint density at radius 3 is 2.20 bits per heavy atom. The van der Waals surface area contributed by atoms with Gasteiger partial charge in [0.15, 0.2) is 0 Å². The fourth-order valence-electron chi connectivity index (χ4n) is 3.97. The van der Waals surface area contributed by atoms with E-state index in [0.29, 0.717) is 12.4 Å². The molecule has 0 fully saturated rings. The Hall–Kier alpha value is -3.91. The molecule has 2 amide bonds. The van der Waals surface area contributed by atoms with Crippen molar-refractivity contribution < 1.29 is 18.4 Å². The number of nitrogens with one attached hydrogen (secondary N) is 1. The van der Waals surface area contributed by atoms with Gasteiger partial charge in [-0.15, -0.1) is 0 Å². The molecular weight excluding hydrogens is 510 g/mol. The number of benzene rings is 2. The highest BCUT2D eigenvalue weighted by Gasteiger charge is 2.33. The molecule has 1 aromatic heterocycles. The minimum atomic E-state index is -0.547. The lowest BCUT2D eigenvalue weighted by Gasteiger charge is -2.36. The van der Waals surface area contributed by atoms with Crippen LogP contribution in [0.4, 0.5) is 14.6 Å². The van der Waals surface area contributed by atoms with Crippen molar-refractivity contribution in [3.63, 3.8) is 0 Å². The van der Waals surface area contributed by atoms with Crippen molar-refractivity contribution >= 4 is 23.7 Å². The van der Waals surface area contributed by atoms with Crippen molar-refractivity contribution in [1.29, 1.82) is 0 Å². The van der Waals surface area contributed by atoms with E-state index in [4.69, 9.17) is 0 Å². The van der Waals surface area contributed by atoms with E-state index in [0.717, 1.165) is 35.7 Å². The molecule has 1 N–H and O–H groups in total. The highest BCUT2D eigenvalue weighted by atomic mass is 19.1. The number of hydrogen-bond donors (Lipinski definition) is 1. The van der Waals surface area contributed by atoms with Crippen molar-refractivity contribution in [2.45, 2.75) is 46.1 Å². The van der Waals surface area contributed by atoms with Crippen molar-refractivity contribution in [2.24, 2.45) is 0 Å². The first-order valence-electron chi connectivity index (χ1n) is 13.3. The average Bonchev–Trinajstić information content (AvgIpc) is 2.93. The zero-order valence-electron chi connectivity index (χ0n) is 24.2. The van der Waals surface area contributed by atoms with E-state index in [9.17, 15) is 18.4 Å². The summed E-state index contributed by atoms with van der Waals surface area (Å²) >= 11 is 0. The summed E-state index contributed by atoms with van der Waals surface area (Å²) in [6, 6.07) is 16.1. The van der Waals surface area contributed by atoms with Gasteiger partial charge in [0.05, 0.1) is 12.0 Å². The maximum Gasteiger partial charge on any atom is 0.242 e. The van der Waals surface area contributed by atoms with Gasteiger partial charge in [0.1, 0.15) is 17.5 Å². The van der Waals surface area contributed by atoms with Gasteiger partial charge in [-0.25, -0.2) is 13.8 Å². The molecule has 0 aliphatic rings. The molecule has 214 valence electrons. The molecule has 0 unspecified atom stereocenters. The molecule has 6 nitrogen and oxygen atoms in total. The maximum absolute atomic E-state index is 12.8. The molecule has 0 saturated carbocycles. The molecule has 0 aliphatic carbocycles. The van der Waals surface area contributed by atoms with E-state index >= 15 is 0 Å². The molecule has 0 aliphatic heterocycles. The third-order valence-electron chi connectivity index (χ3n) is 6.67. The van der Waals surface area contributed by atoms with Crippen LogP contribution in [0.5, 0.6) is 0 Å². The highest BCUT2D eigenvalue weighted by molar-refractivity contribution is 5.91. The van der Waals surface area contributed by atoms with Crippen molar-refractivity contribution in [2.75, 3.05) is 32.5 Å². The van der Waals surface area contributed by atoms with Crippen LogP contribution in [-0.4, -0.2) is 59.3 Å². The molecule has 8 heteroatoms. The summed E-state index contributed by atoms with van der Waals surface area (Å²) in [5.41, 5.74) is 2.61. The van der Waals surface area contributed by atoms with E-state index in [1.807, 2.05) is 76.2 Å². The van der Waals surface area contributed by atoms with Crippen molar-refractivity contribution in [1.82, 2.24) is 14.8 Å². The Morgan fingerprint density at radius 1 is 0.950 bits per heavy atom. The largest absolute Gasteiger partial charge is 0.340 e. The number of pyridine rings is 1. The normalized spacial score (nSPS) is 11.2. The Balaban J connectivity index is 0.000000598. The number of aromatic nitrogens is 1. The first kappa shape index (κ1) is 32.3. The van der Waals surface area contributed by atoms with Gasteiger partial charge in [0, 0.05) is 25.9 Å². The summed E-state index contributed by atoms with van der Waals surface area (Å²) in [4.78, 5) is 33.2. The standard InChI is InChI=1S/C26H36N4O2.C6H4F2/c1-7-21-15-14-20(12-11-17-29(5)25(32)26(3,4)30(6)8-2)18-22(21)19-24(31)28-23-13-9-10-16-27-23;7-5-2-1-3-6(8)4-5/h9-16,18H,7-8,17,19H2,1-6H3,(H,27,28,31);1-4H/b12-11+;. The van der Waals surface area contributed by atoms with Crippen LogP contribution in [0.2, 0.25) is 0 Å². The zero-order valence-corrected chi connectivity index (χ0v) is 24.2. The van der Waals surface area contributed by atoms with E-state index in [1.165, 1.54) is 18.2 Å². The number of likely N-dealkylation sites (N-methyl/N-ethyl adjacent to an activating group) is 2. The minimum absolute atomic E-state index is 0.0831. The molecule has 2 aromatic carbocycles. The Labute approximate surface area is 236 Å². The fraction of sp³-hybridized carbons (Fsp3) is 0.344. The number of rotatable bonds is 10. The molecule has 3 rings (SSSR count). The predicted molar refractivity (Wildman–Crippen MR) is 158 cm³/mol. The SMILES string of the molecule is CCc1ccc(/C=C/CN(C)C(=O)C(C)(C)N(C)CC)cc1CC(=O)Nc1ccccn1.Fc1cccc(F)c1. The Morgan fingerprint density at radius 2 is 1.65 bits per heavy atom. The van der Waals surface area contributed by atoms with Crippen LogP contribution in [0.1, 0.15) is 44.4 Å². The first-order chi connectivity index (χ1) is 19.0. The van der Waals surface area contributed by atoms with Gasteiger partial charge in [-0.05, 0) is 74.8 Å². The first-order valence-corrected chi connectivity index (χ1v) is 13.3. The molecule has 0 bridgehead atoms. The van der Waals surface area contributed by atoms with E-state index in [2.05, 4.69) is 23.3 Å². The topological polar surface area (TPSA) is 65.5 Å². The molecule has 0 saturated heterocycles. The van der Waals surface area contributed by atoms with Gasteiger partial charge >= 0.3 is 0 Å². The summed E-state index contributed by atoms with van der Waals surface area (Å²) in [6.45, 7) is 9.35. The Bertz CT molecular complexity index is 1260. The maximum atomic E-state index is 12.8. The quantitative estimate of drug-likeness (QED) is 0.337. The van der Waals surface area contributed by atoms with Crippen molar-refractivity contribution in [3.8, 4) is 0 Å². The lowest BCUT2D eigenvalue weighted by Crippen LogP contribution is -2.53. The third-order valence-corrected chi connectivity index (χ3v) is 6.67. The molecule has 40 heavy (non-hydrogen) atoms. The lowest BCUT2D eigenvalue weighted by molar-refractivity contribution is -0.139. The van der Waals surface area contributed by atoms with Crippen LogP contribution in [0.3, 0.4) is 0 Å². The highest BCUT2D eigenvalue weighted by Crippen LogP contribution is 2.17. The monoisotopic (exact) mass is 550 g/mol. The third kappa shape index (κ3) is 10.0. The number of carbonyl (C=O) groups excluding carboxylic acids is 2. The number of aryl methyl sites for hydroxylation is 1. The average molecular weight is 551 g/mol. The van der Waals surface area contributed by atoms with Gasteiger partial charge in [-0.1, -0.05) is 56.3 Å². The molecule has 1 heterocycles. The lowest BCUT2D eigenvalue weighted by atomic mass is 9.99. The number of anilines is 1. The number of amides is 2. The van der Waals surface area contributed by atoms with Crippen LogP contribution in [0, 0.1) is 11.6 Å². The van der Waals surface area contributed by atoms with Crippen molar-refractivity contribution in [3.05, 3.63) is 101 Å². The van der Waals surface area contributed by atoms with E-state index in [-0.39, 0.29) is 18.2 Å². The molecular formula is C32H40F2N4O2. The summed E-state index contributed by atoms with van der Waals surface area (Å²) < 4.78 is 23.9. The van der Waals surface area contributed by atoms with Gasteiger partial charge < -0.3 is 10.2 Å². The zero-order chi connectivity index (χ0) is 29.7. The molecule has 0 atom stereocenters. The fourth-order valence-corrected chi connectivity index (χ4v) is 3.97. The van der Waals surface area contributed by atoms with Crippen LogP contribution in [0.15, 0.2) is 72.9 Å². The van der Waals surface area contributed by atoms with Crippen LogP contribution < -0.4 is 5.32 Å². The number of hydrogen-bond acceptors (Lipinski definition) is 4. The van der Waals surface area contributed by atoms with E-state index in [1.54, 1.807) is 17.2 Å². The smallest absolute Gasteiger partial charge is 0.242 e. The number of nitrogens with zero attached hydrogens (tertiary/aromatic N) is 3. The number of carbonyl (C=O) groups is 2. The van der Waals surface area contributed by atoms with Crippen LogP contribution >= 0.6 is 0 Å². The van der Waals surface area contributed by atoms with Gasteiger partial charge in [0.25, 0.3) is 0 Å². The summed E-state index contributed by atoms with van der Waals surface area (Å²) in [6.07, 6.45) is 6.78. The second-order valence-corrected chi connectivity index (χ2v) is 9.92. The Kier molecular flexibility index (Phi) is 12.6. The molecule has 0 radical (unpaired) electrons. The van der Waals surface area contributed by atoms with Crippen LogP contribution in [0.25, 0.3) is 6.08 Å². The van der Waals surface area contributed by atoms with Gasteiger partial charge in [0.2, 0.25) is 11.8 Å².